The number of hydrogen-bond acceptors (Lipinski definition) is 3. The van der Waals surface area contributed by atoms with Crippen molar-refractivity contribution in [3.63, 3.8) is 0 Å². The molecule has 0 aliphatic carbocycles. The molecule has 0 radical (unpaired) electrons. The summed E-state index contributed by atoms with van der Waals surface area (Å²) in [6, 6.07) is 0. The Bertz CT molecular complexity index is 816. The molecule has 3 nitrogen and oxygen atoms in total. The van der Waals surface area contributed by atoms with Crippen molar-refractivity contribution in [2.75, 3.05) is 7.11 Å². The van der Waals surface area contributed by atoms with E-state index in [4.69, 9.17) is 9.47 Å². The van der Waals surface area contributed by atoms with Crippen LogP contribution in [0.25, 0.3) is 10.8 Å². The number of methoxy groups -OCH3 is 1. The molecule has 2 aromatic rings. The van der Waals surface area contributed by atoms with E-state index in [9.17, 15) is 4.79 Å². The Morgan fingerprint density at radius 1 is 0.792 bits per heavy atom. The molecule has 0 fully saturated rings. The van der Waals surface area contributed by atoms with E-state index in [0.29, 0.717) is 5.75 Å². The zero-order chi connectivity index (χ0) is 18.2. The highest BCUT2D eigenvalue weighted by Gasteiger charge is 2.24. The minimum absolute atomic E-state index is 0.284. The van der Waals surface area contributed by atoms with Gasteiger partial charge in [-0.2, -0.15) is 0 Å². The van der Waals surface area contributed by atoms with E-state index >= 15 is 0 Å². The van der Waals surface area contributed by atoms with Gasteiger partial charge in [-0.15, -0.1) is 0 Å². The standard InChI is InChI=1S/C21H28O3/c1-9-16-17(10-2)21(24-15(7)22)19-14(6)12(4)11(3)13(5)18(19)20(16)23-8/h9-10H2,1-8H3. The molecule has 130 valence electrons. The van der Waals surface area contributed by atoms with Crippen LogP contribution in [0.2, 0.25) is 0 Å². The summed E-state index contributed by atoms with van der Waals surface area (Å²) in [6.07, 6.45) is 1.63. The number of carbonyl (C=O) groups excluding carboxylic acids is 1. The number of benzene rings is 2. The molecular weight excluding hydrogens is 300 g/mol. The van der Waals surface area contributed by atoms with Crippen LogP contribution in [0.3, 0.4) is 0 Å². The number of fused-ring (bicyclic) bond motifs is 1. The van der Waals surface area contributed by atoms with E-state index in [-0.39, 0.29) is 5.97 Å². The number of hydrogen-bond donors (Lipinski definition) is 0. The van der Waals surface area contributed by atoms with E-state index in [0.717, 1.165) is 46.1 Å². The Morgan fingerprint density at radius 3 is 1.58 bits per heavy atom. The van der Waals surface area contributed by atoms with Crippen molar-refractivity contribution in [1.82, 2.24) is 0 Å². The maximum atomic E-state index is 11.8. The molecule has 0 heterocycles. The van der Waals surface area contributed by atoms with Gasteiger partial charge in [0, 0.05) is 28.8 Å². The monoisotopic (exact) mass is 328 g/mol. The van der Waals surface area contributed by atoms with Crippen molar-refractivity contribution in [3.8, 4) is 11.5 Å². The zero-order valence-corrected chi connectivity index (χ0v) is 16.1. The summed E-state index contributed by atoms with van der Waals surface area (Å²) in [5, 5.41) is 2.08. The maximum Gasteiger partial charge on any atom is 0.308 e. The summed E-state index contributed by atoms with van der Waals surface area (Å²) in [5.41, 5.74) is 7.05. The predicted octanol–water partition coefficient (Wildman–Crippen LogP) is 5.13. The molecule has 0 saturated heterocycles. The summed E-state index contributed by atoms with van der Waals surface area (Å²) in [4.78, 5) is 11.8. The number of carbonyl (C=O) groups is 1. The molecule has 0 aliphatic rings. The largest absolute Gasteiger partial charge is 0.496 e. The van der Waals surface area contributed by atoms with Gasteiger partial charge in [0.15, 0.2) is 0 Å². The first-order valence-electron chi connectivity index (χ1n) is 8.60. The van der Waals surface area contributed by atoms with Crippen molar-refractivity contribution in [2.24, 2.45) is 0 Å². The summed E-state index contributed by atoms with van der Waals surface area (Å²) >= 11 is 0. The predicted molar refractivity (Wildman–Crippen MR) is 99.5 cm³/mol. The molecule has 2 aromatic carbocycles. The van der Waals surface area contributed by atoms with Crippen LogP contribution in [0.5, 0.6) is 11.5 Å². The van der Waals surface area contributed by atoms with Gasteiger partial charge >= 0.3 is 5.97 Å². The first-order chi connectivity index (χ1) is 11.3. The van der Waals surface area contributed by atoms with Crippen molar-refractivity contribution in [2.45, 2.75) is 61.3 Å². The van der Waals surface area contributed by atoms with E-state index in [2.05, 4.69) is 41.5 Å². The topological polar surface area (TPSA) is 35.5 Å². The van der Waals surface area contributed by atoms with Crippen LogP contribution in [0.1, 0.15) is 54.2 Å². The van der Waals surface area contributed by atoms with Gasteiger partial charge in [0.05, 0.1) is 7.11 Å². The Kier molecular flexibility index (Phi) is 5.22. The molecule has 0 saturated carbocycles. The van der Waals surface area contributed by atoms with Crippen molar-refractivity contribution in [3.05, 3.63) is 33.4 Å². The van der Waals surface area contributed by atoms with Crippen molar-refractivity contribution < 1.29 is 14.3 Å². The number of esters is 1. The van der Waals surface area contributed by atoms with Crippen LogP contribution in [0, 0.1) is 27.7 Å². The molecule has 0 bridgehead atoms. The molecular formula is C21H28O3. The molecule has 0 aliphatic heterocycles. The van der Waals surface area contributed by atoms with Crippen molar-refractivity contribution in [1.29, 1.82) is 0 Å². The maximum absolute atomic E-state index is 11.8. The van der Waals surface area contributed by atoms with Gasteiger partial charge < -0.3 is 9.47 Å². The van der Waals surface area contributed by atoms with Gasteiger partial charge in [-0.1, -0.05) is 13.8 Å². The molecule has 0 amide bonds. The first-order valence-corrected chi connectivity index (χ1v) is 8.60. The lowest BCUT2D eigenvalue weighted by Crippen LogP contribution is -2.10. The zero-order valence-electron chi connectivity index (χ0n) is 16.1. The Balaban J connectivity index is 3.19. The second kappa shape index (κ2) is 6.84. The number of rotatable bonds is 4. The van der Waals surface area contributed by atoms with Crippen LogP contribution in [0.15, 0.2) is 0 Å². The van der Waals surface area contributed by atoms with E-state index in [1.807, 2.05) is 0 Å². The highest BCUT2D eigenvalue weighted by atomic mass is 16.5. The Hall–Kier alpha value is -2.03. The minimum atomic E-state index is -0.284. The first kappa shape index (κ1) is 18.3. The second-order valence-corrected chi connectivity index (χ2v) is 6.37. The molecule has 0 spiro atoms. The average molecular weight is 328 g/mol. The third-order valence-corrected chi connectivity index (χ3v) is 5.21. The summed E-state index contributed by atoms with van der Waals surface area (Å²) < 4.78 is 11.6. The fraction of sp³-hybridized carbons (Fsp3) is 0.476. The molecule has 0 atom stereocenters. The van der Waals surface area contributed by atoms with E-state index in [1.54, 1.807) is 7.11 Å². The van der Waals surface area contributed by atoms with Crippen LogP contribution >= 0.6 is 0 Å². The van der Waals surface area contributed by atoms with Gasteiger partial charge in [-0.25, -0.2) is 0 Å². The summed E-state index contributed by atoms with van der Waals surface area (Å²) in [5.74, 6) is 1.35. The lowest BCUT2D eigenvalue weighted by molar-refractivity contribution is -0.131. The normalized spacial score (nSPS) is 11.0. The third kappa shape index (κ3) is 2.66. The Labute approximate surface area is 145 Å². The highest BCUT2D eigenvalue weighted by molar-refractivity contribution is 6.02. The second-order valence-electron chi connectivity index (χ2n) is 6.37. The lowest BCUT2D eigenvalue weighted by atomic mass is 9.86. The molecule has 0 aromatic heterocycles. The molecule has 0 unspecified atom stereocenters. The summed E-state index contributed by atoms with van der Waals surface area (Å²) in [7, 11) is 1.73. The van der Waals surface area contributed by atoms with E-state index < -0.39 is 0 Å². The van der Waals surface area contributed by atoms with Crippen LogP contribution in [0.4, 0.5) is 0 Å². The van der Waals surface area contributed by atoms with Crippen LogP contribution in [-0.4, -0.2) is 13.1 Å². The van der Waals surface area contributed by atoms with E-state index in [1.165, 1.54) is 23.6 Å². The minimum Gasteiger partial charge on any atom is -0.496 e. The van der Waals surface area contributed by atoms with Crippen molar-refractivity contribution >= 4 is 16.7 Å². The molecule has 2 rings (SSSR count). The quantitative estimate of drug-likeness (QED) is 0.576. The molecule has 3 heteroatoms. The average Bonchev–Trinajstić information content (AvgIpc) is 2.55. The molecule has 24 heavy (non-hydrogen) atoms. The number of ether oxygens (including phenoxy) is 2. The van der Waals surface area contributed by atoms with Crippen LogP contribution < -0.4 is 9.47 Å². The van der Waals surface area contributed by atoms with Gasteiger partial charge in [0.1, 0.15) is 11.5 Å². The van der Waals surface area contributed by atoms with Gasteiger partial charge in [0.2, 0.25) is 0 Å². The highest BCUT2D eigenvalue weighted by Crippen LogP contribution is 2.46. The smallest absolute Gasteiger partial charge is 0.308 e. The van der Waals surface area contributed by atoms with Gasteiger partial charge in [0.25, 0.3) is 0 Å². The summed E-state index contributed by atoms with van der Waals surface area (Å²) in [6.45, 7) is 14.2. The fourth-order valence-electron chi connectivity index (χ4n) is 3.69. The lowest BCUT2D eigenvalue weighted by Gasteiger charge is -2.24. The van der Waals surface area contributed by atoms with Crippen LogP contribution in [-0.2, 0) is 17.6 Å². The third-order valence-electron chi connectivity index (χ3n) is 5.21. The SMILES string of the molecule is CCc1c(CC)c(OC(C)=O)c2c(C)c(C)c(C)c(C)c2c1OC. The number of aryl methyl sites for hydroxylation is 2. The molecule has 0 N–H and O–H groups in total. The van der Waals surface area contributed by atoms with Gasteiger partial charge in [-0.05, 0) is 62.8 Å². The Morgan fingerprint density at radius 2 is 1.21 bits per heavy atom. The van der Waals surface area contributed by atoms with Gasteiger partial charge in [-0.3, -0.25) is 4.79 Å². The fourth-order valence-corrected chi connectivity index (χ4v) is 3.69.